The van der Waals surface area contributed by atoms with Gasteiger partial charge in [0, 0.05) is 12.8 Å². The summed E-state index contributed by atoms with van der Waals surface area (Å²) in [5.74, 6) is 0.380. The fourth-order valence-corrected chi connectivity index (χ4v) is 3.07. The zero-order chi connectivity index (χ0) is 11.7. The normalized spacial score (nSPS) is 24.3. The van der Waals surface area contributed by atoms with Crippen molar-refractivity contribution in [2.45, 2.75) is 70.7 Å². The van der Waals surface area contributed by atoms with Gasteiger partial charge in [0.1, 0.15) is 5.78 Å². The first-order valence-corrected chi connectivity index (χ1v) is 8.83. The first kappa shape index (κ1) is 12.9. The summed E-state index contributed by atoms with van der Waals surface area (Å²) in [6.45, 7) is 11.2. The van der Waals surface area contributed by atoms with Crippen LogP contribution in [-0.4, -0.2) is 20.2 Å². The summed E-state index contributed by atoms with van der Waals surface area (Å²) < 4.78 is 6.23. The van der Waals surface area contributed by atoms with Crippen molar-refractivity contribution >= 4 is 14.1 Å². The smallest absolute Gasteiger partial charge is 0.192 e. The number of carbonyl (C=O) groups excluding carboxylic acids is 1. The van der Waals surface area contributed by atoms with Crippen LogP contribution in [0.5, 0.6) is 0 Å². The number of ketones is 1. The van der Waals surface area contributed by atoms with Gasteiger partial charge >= 0.3 is 0 Å². The predicted molar refractivity (Wildman–Crippen MR) is 65.5 cm³/mol. The van der Waals surface area contributed by atoms with Gasteiger partial charge in [0.2, 0.25) is 0 Å². The maximum Gasteiger partial charge on any atom is 0.192 e. The third kappa shape index (κ3) is 3.42. The molecule has 1 atom stereocenters. The molecule has 3 heteroatoms. The van der Waals surface area contributed by atoms with Crippen LogP contribution < -0.4 is 0 Å². The summed E-state index contributed by atoms with van der Waals surface area (Å²) in [5.41, 5.74) is 0. The molecule has 0 aliphatic heterocycles. The number of hydrogen-bond acceptors (Lipinski definition) is 2. The van der Waals surface area contributed by atoms with Crippen LogP contribution in [0.15, 0.2) is 0 Å². The molecular weight excluding hydrogens is 204 g/mol. The molecule has 0 bridgehead atoms. The van der Waals surface area contributed by atoms with Crippen molar-refractivity contribution < 1.29 is 9.22 Å². The fourth-order valence-electron chi connectivity index (χ4n) is 1.68. The average Bonchev–Trinajstić information content (AvgIpc) is 2.00. The minimum Gasteiger partial charge on any atom is -0.413 e. The molecule has 0 unspecified atom stereocenters. The number of rotatable bonds is 2. The molecule has 0 aromatic carbocycles. The highest BCUT2D eigenvalue weighted by Gasteiger charge is 2.39. The van der Waals surface area contributed by atoms with Gasteiger partial charge in [-0.1, -0.05) is 20.8 Å². The summed E-state index contributed by atoms with van der Waals surface area (Å²) in [4.78, 5) is 11.3. The van der Waals surface area contributed by atoms with Crippen LogP contribution in [0.25, 0.3) is 0 Å². The van der Waals surface area contributed by atoms with Crippen molar-refractivity contribution in [3.63, 3.8) is 0 Å². The van der Waals surface area contributed by atoms with Gasteiger partial charge in [-0.05, 0) is 31.0 Å². The van der Waals surface area contributed by atoms with Crippen LogP contribution in [-0.2, 0) is 9.22 Å². The fraction of sp³-hybridized carbons (Fsp3) is 0.917. The van der Waals surface area contributed by atoms with E-state index in [1.54, 1.807) is 0 Å². The van der Waals surface area contributed by atoms with Crippen LogP contribution in [0.1, 0.15) is 46.5 Å². The molecule has 0 aromatic heterocycles. The number of carbonyl (C=O) groups is 1. The Labute approximate surface area is 94.5 Å². The lowest BCUT2D eigenvalue weighted by molar-refractivity contribution is -0.122. The Balaban J connectivity index is 2.57. The van der Waals surface area contributed by atoms with Gasteiger partial charge in [-0.3, -0.25) is 4.79 Å². The van der Waals surface area contributed by atoms with E-state index < -0.39 is 8.32 Å². The van der Waals surface area contributed by atoms with Crippen LogP contribution >= 0.6 is 0 Å². The average molecular weight is 228 g/mol. The molecule has 88 valence electrons. The Bertz CT molecular complexity index is 240. The van der Waals surface area contributed by atoms with E-state index in [1.807, 2.05) is 0 Å². The molecule has 0 saturated heterocycles. The Morgan fingerprint density at radius 1 is 1.33 bits per heavy atom. The molecule has 1 aliphatic rings. The molecule has 0 spiro atoms. The standard InChI is InChI=1S/C12H24O2Si/c1-12(2,3)15(4,5)14-11-8-6-7-10(13)9-11/h11H,6-9H2,1-5H3/t11-/m0/s1. The van der Waals surface area contributed by atoms with Gasteiger partial charge in [-0.15, -0.1) is 0 Å². The monoisotopic (exact) mass is 228 g/mol. The molecule has 1 fully saturated rings. The highest BCUT2D eigenvalue weighted by Crippen LogP contribution is 2.38. The van der Waals surface area contributed by atoms with E-state index in [9.17, 15) is 4.79 Å². The van der Waals surface area contributed by atoms with Gasteiger partial charge < -0.3 is 4.43 Å². The molecule has 0 aromatic rings. The lowest BCUT2D eigenvalue weighted by atomic mass is 9.97. The lowest BCUT2D eigenvalue weighted by Crippen LogP contribution is -2.45. The van der Waals surface area contributed by atoms with Crippen molar-refractivity contribution in [2.24, 2.45) is 0 Å². The van der Waals surface area contributed by atoms with Crippen molar-refractivity contribution in [1.82, 2.24) is 0 Å². The van der Waals surface area contributed by atoms with Gasteiger partial charge in [-0.25, -0.2) is 0 Å². The third-order valence-electron chi connectivity index (χ3n) is 3.70. The van der Waals surface area contributed by atoms with E-state index in [1.165, 1.54) is 0 Å². The SMILES string of the molecule is CC(C)(C)[Si](C)(C)O[C@H]1CCCC(=O)C1. The molecule has 0 amide bonds. The second-order valence-corrected chi connectivity index (χ2v) is 10.9. The molecule has 15 heavy (non-hydrogen) atoms. The first-order valence-electron chi connectivity index (χ1n) is 5.92. The third-order valence-corrected chi connectivity index (χ3v) is 8.24. The molecule has 1 rings (SSSR count). The zero-order valence-electron chi connectivity index (χ0n) is 10.7. The van der Waals surface area contributed by atoms with Crippen LogP contribution in [0, 0.1) is 0 Å². The van der Waals surface area contributed by atoms with Gasteiger partial charge in [-0.2, -0.15) is 0 Å². The van der Waals surface area contributed by atoms with E-state index in [0.29, 0.717) is 12.2 Å². The second-order valence-electron chi connectivity index (χ2n) is 6.14. The van der Waals surface area contributed by atoms with Gasteiger partial charge in [0.15, 0.2) is 8.32 Å². The Hall–Kier alpha value is -0.153. The zero-order valence-corrected chi connectivity index (χ0v) is 11.7. The Morgan fingerprint density at radius 3 is 2.40 bits per heavy atom. The van der Waals surface area contributed by atoms with Crippen molar-refractivity contribution in [2.75, 3.05) is 0 Å². The highest BCUT2D eigenvalue weighted by molar-refractivity contribution is 6.74. The first-order chi connectivity index (χ1) is 6.72. The topological polar surface area (TPSA) is 26.3 Å². The summed E-state index contributed by atoms with van der Waals surface area (Å²) in [5, 5.41) is 0.244. The molecule has 0 N–H and O–H groups in total. The lowest BCUT2D eigenvalue weighted by Gasteiger charge is -2.40. The predicted octanol–water partition coefficient (Wildman–Crippen LogP) is 3.52. The number of hydrogen-bond donors (Lipinski definition) is 0. The minimum absolute atomic E-state index is 0.201. The van der Waals surface area contributed by atoms with E-state index in [-0.39, 0.29) is 11.1 Å². The number of Topliss-reactive ketones (excluding diaryl/α,β-unsaturated/α-hetero) is 1. The van der Waals surface area contributed by atoms with Crippen LogP contribution in [0.4, 0.5) is 0 Å². The van der Waals surface area contributed by atoms with Crippen molar-refractivity contribution in [3.8, 4) is 0 Å². The van der Waals surface area contributed by atoms with E-state index in [2.05, 4.69) is 33.9 Å². The molecule has 1 saturated carbocycles. The maximum atomic E-state index is 11.3. The molecule has 1 aliphatic carbocycles. The Morgan fingerprint density at radius 2 is 1.93 bits per heavy atom. The molecular formula is C12H24O2Si. The van der Waals surface area contributed by atoms with E-state index in [4.69, 9.17) is 4.43 Å². The second kappa shape index (κ2) is 4.38. The largest absolute Gasteiger partial charge is 0.413 e. The van der Waals surface area contributed by atoms with Gasteiger partial charge in [0.05, 0.1) is 6.10 Å². The summed E-state index contributed by atoms with van der Waals surface area (Å²) in [7, 11) is -1.67. The van der Waals surface area contributed by atoms with Crippen LogP contribution in [0.3, 0.4) is 0 Å². The maximum absolute atomic E-state index is 11.3. The van der Waals surface area contributed by atoms with Gasteiger partial charge in [0.25, 0.3) is 0 Å². The minimum atomic E-state index is -1.67. The van der Waals surface area contributed by atoms with E-state index in [0.717, 1.165) is 19.3 Å². The summed E-state index contributed by atoms with van der Waals surface area (Å²) in [6, 6.07) is 0. The van der Waals surface area contributed by atoms with E-state index >= 15 is 0 Å². The van der Waals surface area contributed by atoms with Crippen molar-refractivity contribution in [3.05, 3.63) is 0 Å². The molecule has 2 nitrogen and oxygen atoms in total. The molecule has 0 heterocycles. The highest BCUT2D eigenvalue weighted by atomic mass is 28.4. The summed E-state index contributed by atoms with van der Waals surface area (Å²) in [6.07, 6.45) is 3.69. The van der Waals surface area contributed by atoms with Crippen molar-refractivity contribution in [1.29, 1.82) is 0 Å². The van der Waals surface area contributed by atoms with Crippen LogP contribution in [0.2, 0.25) is 18.1 Å². The summed E-state index contributed by atoms with van der Waals surface area (Å²) >= 11 is 0. The quantitative estimate of drug-likeness (QED) is 0.676. The molecule has 0 radical (unpaired) electrons. The Kier molecular flexibility index (Phi) is 3.77.